The molecule has 50 heavy (non-hydrogen) atoms. The molecule has 2 aromatic heterocycles. The summed E-state index contributed by atoms with van der Waals surface area (Å²) < 4.78 is 52.4. The van der Waals surface area contributed by atoms with Gasteiger partial charge in [-0.1, -0.05) is 30.5 Å². The second-order valence-electron chi connectivity index (χ2n) is 14.9. The van der Waals surface area contributed by atoms with Crippen molar-refractivity contribution < 1.29 is 17.9 Å². The van der Waals surface area contributed by atoms with Crippen LogP contribution in [0.25, 0.3) is 32.1 Å². The van der Waals surface area contributed by atoms with Crippen molar-refractivity contribution in [1.29, 1.82) is 5.26 Å². The molecule has 2 aromatic carbocycles. The number of ether oxygens (including phenoxy) is 1. The maximum Gasteiger partial charge on any atom is 0.319 e. The number of aromatic nitrogens is 2. The first-order valence-electron chi connectivity index (χ1n) is 17.5. The number of nitrogen functional groups attached to an aromatic ring is 1. The maximum atomic E-state index is 17.2. The molecule has 6 heterocycles. The van der Waals surface area contributed by atoms with Gasteiger partial charge in [-0.3, -0.25) is 4.90 Å². The zero-order chi connectivity index (χ0) is 34.4. The fourth-order valence-electron chi connectivity index (χ4n) is 9.88. The van der Waals surface area contributed by atoms with E-state index in [1.807, 2.05) is 0 Å². The minimum absolute atomic E-state index is 0.00551. The van der Waals surface area contributed by atoms with Gasteiger partial charge in [0, 0.05) is 47.6 Å². The van der Waals surface area contributed by atoms with E-state index < -0.39 is 11.6 Å². The Hall–Kier alpha value is -3.63. The molecule has 0 radical (unpaired) electrons. The van der Waals surface area contributed by atoms with Crippen LogP contribution in [0.4, 0.5) is 24.0 Å². The van der Waals surface area contributed by atoms with Crippen molar-refractivity contribution in [1.82, 2.24) is 20.2 Å². The maximum absolute atomic E-state index is 17.2. The topological polar surface area (TPSA) is 103 Å². The number of nitrogens with one attached hydrogen (secondary N) is 1. The van der Waals surface area contributed by atoms with E-state index in [-0.39, 0.29) is 72.1 Å². The van der Waals surface area contributed by atoms with Crippen LogP contribution in [0.2, 0.25) is 5.02 Å². The summed E-state index contributed by atoms with van der Waals surface area (Å²) in [5.74, 6) is -0.143. The first-order valence-corrected chi connectivity index (χ1v) is 18.7. The summed E-state index contributed by atoms with van der Waals surface area (Å²) >= 11 is 7.91. The Morgan fingerprint density at radius 3 is 2.82 bits per heavy atom. The molecule has 13 heteroatoms. The Balaban J connectivity index is 1.19. The van der Waals surface area contributed by atoms with Crippen molar-refractivity contribution >= 4 is 54.7 Å². The lowest BCUT2D eigenvalue weighted by Crippen LogP contribution is -2.62. The van der Waals surface area contributed by atoms with Gasteiger partial charge in [0.1, 0.15) is 34.8 Å². The van der Waals surface area contributed by atoms with Crippen LogP contribution >= 0.6 is 22.9 Å². The van der Waals surface area contributed by atoms with Gasteiger partial charge in [0.2, 0.25) is 0 Å². The van der Waals surface area contributed by atoms with E-state index in [1.54, 1.807) is 6.07 Å². The van der Waals surface area contributed by atoms with Crippen LogP contribution in [0, 0.1) is 28.9 Å². The van der Waals surface area contributed by atoms with Gasteiger partial charge in [0.15, 0.2) is 5.82 Å². The lowest BCUT2D eigenvalue weighted by molar-refractivity contribution is 0.108. The van der Waals surface area contributed by atoms with Gasteiger partial charge in [-0.15, -0.1) is 11.3 Å². The molecule has 1 saturated carbocycles. The molecule has 8 nitrogen and oxygen atoms in total. The summed E-state index contributed by atoms with van der Waals surface area (Å²) in [4.78, 5) is 14.2. The van der Waals surface area contributed by atoms with Crippen LogP contribution in [-0.2, 0) is 0 Å². The first-order chi connectivity index (χ1) is 24.2. The Morgan fingerprint density at radius 1 is 1.18 bits per heavy atom. The van der Waals surface area contributed by atoms with Crippen molar-refractivity contribution in [2.75, 3.05) is 43.4 Å². The van der Waals surface area contributed by atoms with Crippen molar-refractivity contribution in [3.8, 4) is 23.2 Å². The number of nitriles is 1. The highest BCUT2D eigenvalue weighted by Crippen LogP contribution is 2.48. The number of rotatable bonds is 6. The second kappa shape index (κ2) is 12.0. The number of piperazine rings is 1. The Labute approximate surface area is 297 Å². The van der Waals surface area contributed by atoms with Crippen molar-refractivity contribution in [3.63, 3.8) is 0 Å². The molecule has 4 saturated heterocycles. The summed E-state index contributed by atoms with van der Waals surface area (Å²) in [5.41, 5.74) is 6.81. The van der Waals surface area contributed by atoms with Crippen LogP contribution in [-0.4, -0.2) is 64.8 Å². The summed E-state index contributed by atoms with van der Waals surface area (Å²) in [6, 6.07) is 6.74. The van der Waals surface area contributed by atoms with Crippen molar-refractivity contribution in [2.24, 2.45) is 5.92 Å². The lowest BCUT2D eigenvalue weighted by atomic mass is 9.80. The van der Waals surface area contributed by atoms with Crippen LogP contribution in [0.15, 0.2) is 30.1 Å². The molecule has 0 spiro atoms. The monoisotopic (exact) mass is 719 g/mol. The van der Waals surface area contributed by atoms with Crippen LogP contribution in [0.1, 0.15) is 63.4 Å². The van der Waals surface area contributed by atoms with Gasteiger partial charge in [-0.05, 0) is 80.7 Å². The van der Waals surface area contributed by atoms with Gasteiger partial charge in [0.25, 0.3) is 0 Å². The van der Waals surface area contributed by atoms with Gasteiger partial charge < -0.3 is 20.7 Å². The number of hydrogen-bond acceptors (Lipinski definition) is 9. The van der Waals surface area contributed by atoms with Crippen LogP contribution in [0.3, 0.4) is 0 Å². The minimum Gasteiger partial charge on any atom is -0.461 e. The number of benzene rings is 2. The van der Waals surface area contributed by atoms with E-state index in [1.165, 1.54) is 37.8 Å². The van der Waals surface area contributed by atoms with E-state index in [0.29, 0.717) is 43.0 Å². The first kappa shape index (κ1) is 32.3. The molecular weight excluding hydrogens is 683 g/mol. The molecule has 9 rings (SSSR count). The number of nitrogens with zero attached hydrogens (tertiary/aromatic N) is 5. The summed E-state index contributed by atoms with van der Waals surface area (Å²) in [6.07, 6.45) is 10.1. The molecule has 2 bridgehead atoms. The minimum atomic E-state index is -0.713. The Bertz CT molecular complexity index is 2130. The smallest absolute Gasteiger partial charge is 0.319 e. The Kier molecular flexibility index (Phi) is 7.73. The predicted molar refractivity (Wildman–Crippen MR) is 190 cm³/mol. The van der Waals surface area contributed by atoms with E-state index in [4.69, 9.17) is 27.1 Å². The molecule has 4 aromatic rings. The summed E-state index contributed by atoms with van der Waals surface area (Å²) in [7, 11) is 0. The number of nitrogens with two attached hydrogens (primary N) is 1. The number of fused-ring (bicyclic) bond motifs is 5. The van der Waals surface area contributed by atoms with Gasteiger partial charge in [0.05, 0.1) is 27.2 Å². The largest absolute Gasteiger partial charge is 0.461 e. The standard InChI is InChI=1S/C37H37ClF3N7OS/c38-26-12-24-31(30(41)29(26)23-6-7-27(40)32-28(23)25(15-42)33(43)50-32)44-35(49-19-36-9-3-11-48(36)16-20(13-36)14-39)45-34(24)47-17-22-8-10-37(18-47,46-22)21-4-1-2-5-21/h6-7,12,14,21-22,46H,1-5,8-11,13,16-19,43H2/b20-14-/t22-,36-,37+/m0/s1. The van der Waals surface area contributed by atoms with E-state index in [9.17, 15) is 14.0 Å². The van der Waals surface area contributed by atoms with E-state index in [0.717, 1.165) is 55.7 Å². The zero-order valence-electron chi connectivity index (χ0n) is 27.5. The number of thiophene rings is 1. The molecule has 5 fully saturated rings. The number of anilines is 2. The fraction of sp³-hybridized carbons (Fsp3) is 0.486. The third kappa shape index (κ3) is 4.91. The summed E-state index contributed by atoms with van der Waals surface area (Å²) in [5, 5.41) is 14.8. The molecule has 4 aliphatic heterocycles. The second-order valence-corrected chi connectivity index (χ2v) is 16.4. The van der Waals surface area contributed by atoms with Crippen molar-refractivity contribution in [2.45, 2.75) is 74.9 Å². The highest BCUT2D eigenvalue weighted by molar-refractivity contribution is 7.23. The van der Waals surface area contributed by atoms with E-state index >= 15 is 4.39 Å². The molecule has 3 atom stereocenters. The Morgan fingerprint density at radius 2 is 2.02 bits per heavy atom. The summed E-state index contributed by atoms with van der Waals surface area (Å²) in [6.45, 7) is 3.08. The van der Waals surface area contributed by atoms with Crippen LogP contribution < -0.4 is 20.7 Å². The third-order valence-electron chi connectivity index (χ3n) is 12.1. The lowest BCUT2D eigenvalue weighted by Gasteiger charge is -2.45. The zero-order valence-corrected chi connectivity index (χ0v) is 29.1. The molecule has 0 unspecified atom stereocenters. The van der Waals surface area contributed by atoms with Crippen LogP contribution in [0.5, 0.6) is 6.01 Å². The van der Waals surface area contributed by atoms with E-state index in [2.05, 4.69) is 26.2 Å². The molecular formula is C37H37ClF3N7OS. The SMILES string of the molecule is N#Cc1c(N)sc2c(F)ccc(-c3c(Cl)cc4c(N5C[C@@H]6CC[C@](C7CCCC7)(C5)N6)nc(OC[C@@]56CCCN5C/C(=C\F)C6)nc4c3F)c12. The molecule has 1 aliphatic carbocycles. The number of hydrogen-bond donors (Lipinski definition) is 2. The molecule has 5 aliphatic rings. The quantitative estimate of drug-likeness (QED) is 0.208. The van der Waals surface area contributed by atoms with Gasteiger partial charge in [-0.2, -0.15) is 15.2 Å². The number of halogens is 4. The predicted octanol–water partition coefficient (Wildman–Crippen LogP) is 7.87. The van der Waals surface area contributed by atoms with Crippen molar-refractivity contribution in [3.05, 3.63) is 52.3 Å². The fourth-order valence-corrected chi connectivity index (χ4v) is 11.1. The third-order valence-corrected chi connectivity index (χ3v) is 13.5. The average molecular weight is 720 g/mol. The highest BCUT2D eigenvalue weighted by atomic mass is 35.5. The molecule has 260 valence electrons. The normalized spacial score (nSPS) is 27.6. The van der Waals surface area contributed by atoms with Gasteiger partial charge in [-0.25, -0.2) is 13.2 Å². The average Bonchev–Trinajstić information content (AvgIpc) is 3.94. The van der Waals surface area contributed by atoms with Gasteiger partial charge >= 0.3 is 6.01 Å². The highest BCUT2D eigenvalue weighted by Gasteiger charge is 2.51. The molecule has 0 amide bonds. The molecule has 3 N–H and O–H groups in total.